The Labute approximate surface area is 168 Å². The second kappa shape index (κ2) is 6.97. The number of anilines is 1. The van der Waals surface area contributed by atoms with Crippen LogP contribution in [0.2, 0.25) is 0 Å². The first-order chi connectivity index (χ1) is 13.6. The van der Waals surface area contributed by atoms with Gasteiger partial charge in [-0.05, 0) is 56.2 Å². The average Bonchev–Trinajstić information content (AvgIpc) is 3.25. The fourth-order valence-electron chi connectivity index (χ4n) is 4.88. The zero-order valence-corrected chi connectivity index (χ0v) is 17.1. The van der Waals surface area contributed by atoms with E-state index in [1.165, 1.54) is 40.8 Å². The van der Waals surface area contributed by atoms with Gasteiger partial charge in [0, 0.05) is 50.3 Å². The van der Waals surface area contributed by atoms with E-state index in [1.807, 2.05) is 0 Å². The lowest BCUT2D eigenvalue weighted by Gasteiger charge is -2.43. The van der Waals surface area contributed by atoms with Gasteiger partial charge in [0.25, 0.3) is 0 Å². The van der Waals surface area contributed by atoms with E-state index in [2.05, 4.69) is 72.3 Å². The normalized spacial score (nSPS) is 21.4. The summed E-state index contributed by atoms with van der Waals surface area (Å²) in [5.74, 6) is 1.06. The van der Waals surface area contributed by atoms with Crippen molar-refractivity contribution in [1.82, 2.24) is 4.90 Å². The SMILES string of the molecule is Cc1ccc(C2=CC3(CCN(C)CC3)Oc3cccc(N4CCCC4)c32)cc1. The van der Waals surface area contributed by atoms with Crippen molar-refractivity contribution >= 4 is 11.3 Å². The Kier molecular flexibility index (Phi) is 4.43. The Morgan fingerprint density at radius 1 is 0.893 bits per heavy atom. The summed E-state index contributed by atoms with van der Waals surface area (Å²) in [6.07, 6.45) is 7.11. The highest BCUT2D eigenvalue weighted by atomic mass is 16.5. The van der Waals surface area contributed by atoms with Gasteiger partial charge in [0.05, 0.1) is 0 Å². The van der Waals surface area contributed by atoms with E-state index >= 15 is 0 Å². The molecule has 0 unspecified atom stereocenters. The molecule has 0 saturated carbocycles. The van der Waals surface area contributed by atoms with Gasteiger partial charge in [-0.15, -0.1) is 0 Å². The summed E-state index contributed by atoms with van der Waals surface area (Å²) >= 11 is 0. The second-order valence-corrected chi connectivity index (χ2v) is 8.74. The monoisotopic (exact) mass is 374 g/mol. The average molecular weight is 375 g/mol. The first-order valence-electron chi connectivity index (χ1n) is 10.7. The van der Waals surface area contributed by atoms with Crippen molar-refractivity contribution in [2.75, 3.05) is 38.1 Å². The summed E-state index contributed by atoms with van der Waals surface area (Å²) in [4.78, 5) is 4.95. The van der Waals surface area contributed by atoms with Crippen molar-refractivity contribution < 1.29 is 4.74 Å². The molecule has 2 saturated heterocycles. The van der Waals surface area contributed by atoms with Gasteiger partial charge in [-0.25, -0.2) is 0 Å². The number of piperidine rings is 1. The summed E-state index contributed by atoms with van der Waals surface area (Å²) in [6, 6.07) is 15.6. The fraction of sp³-hybridized carbons (Fsp3) is 0.440. The predicted octanol–water partition coefficient (Wildman–Crippen LogP) is 4.88. The molecule has 3 aliphatic heterocycles. The third-order valence-corrected chi connectivity index (χ3v) is 6.64. The van der Waals surface area contributed by atoms with E-state index in [-0.39, 0.29) is 5.60 Å². The molecule has 0 N–H and O–H groups in total. The molecule has 0 aliphatic carbocycles. The fourth-order valence-corrected chi connectivity index (χ4v) is 4.88. The van der Waals surface area contributed by atoms with Crippen LogP contribution in [-0.2, 0) is 0 Å². The van der Waals surface area contributed by atoms with E-state index in [1.54, 1.807) is 0 Å². The molecule has 3 heteroatoms. The minimum Gasteiger partial charge on any atom is -0.482 e. The van der Waals surface area contributed by atoms with Crippen LogP contribution < -0.4 is 9.64 Å². The molecule has 3 heterocycles. The van der Waals surface area contributed by atoms with E-state index < -0.39 is 0 Å². The van der Waals surface area contributed by atoms with Gasteiger partial charge < -0.3 is 14.5 Å². The summed E-state index contributed by atoms with van der Waals surface area (Å²) < 4.78 is 6.75. The molecule has 2 aromatic rings. The molecule has 5 rings (SSSR count). The minimum absolute atomic E-state index is 0.177. The summed E-state index contributed by atoms with van der Waals surface area (Å²) in [5, 5.41) is 0. The van der Waals surface area contributed by atoms with Crippen molar-refractivity contribution in [3.05, 3.63) is 65.2 Å². The maximum Gasteiger partial charge on any atom is 0.130 e. The molecule has 146 valence electrons. The number of ether oxygens (including phenoxy) is 1. The van der Waals surface area contributed by atoms with Gasteiger partial charge in [0.15, 0.2) is 0 Å². The Balaban J connectivity index is 1.66. The molecule has 0 bridgehead atoms. The van der Waals surface area contributed by atoms with E-state index in [9.17, 15) is 0 Å². The van der Waals surface area contributed by atoms with Crippen molar-refractivity contribution in [3.63, 3.8) is 0 Å². The van der Waals surface area contributed by atoms with Crippen LogP contribution in [0, 0.1) is 6.92 Å². The highest BCUT2D eigenvalue weighted by molar-refractivity contribution is 5.91. The highest BCUT2D eigenvalue weighted by Gasteiger charge is 2.39. The molecule has 1 spiro atoms. The van der Waals surface area contributed by atoms with Crippen LogP contribution in [0.5, 0.6) is 5.75 Å². The van der Waals surface area contributed by atoms with Crippen molar-refractivity contribution in [2.24, 2.45) is 0 Å². The number of likely N-dealkylation sites (tertiary alicyclic amines) is 1. The molecular weight excluding hydrogens is 344 g/mol. The zero-order valence-electron chi connectivity index (χ0n) is 17.1. The maximum absolute atomic E-state index is 6.75. The lowest BCUT2D eigenvalue weighted by atomic mass is 9.82. The smallest absolute Gasteiger partial charge is 0.130 e. The van der Waals surface area contributed by atoms with Crippen LogP contribution in [0.3, 0.4) is 0 Å². The first kappa shape index (κ1) is 17.8. The number of hydrogen-bond acceptors (Lipinski definition) is 3. The van der Waals surface area contributed by atoms with Gasteiger partial charge in [-0.2, -0.15) is 0 Å². The molecule has 3 aliphatic rings. The molecule has 3 nitrogen and oxygen atoms in total. The van der Waals surface area contributed by atoms with E-state index in [4.69, 9.17) is 4.74 Å². The molecule has 0 aromatic heterocycles. The molecule has 0 atom stereocenters. The number of benzene rings is 2. The van der Waals surface area contributed by atoms with E-state index in [0.717, 1.165) is 44.8 Å². The summed E-state index contributed by atoms with van der Waals surface area (Å²) in [6.45, 7) is 6.61. The van der Waals surface area contributed by atoms with Crippen LogP contribution in [0.25, 0.3) is 5.57 Å². The molecule has 28 heavy (non-hydrogen) atoms. The van der Waals surface area contributed by atoms with Gasteiger partial charge in [-0.3, -0.25) is 0 Å². The quantitative estimate of drug-likeness (QED) is 0.745. The number of hydrogen-bond donors (Lipinski definition) is 0. The van der Waals surface area contributed by atoms with Gasteiger partial charge in [-0.1, -0.05) is 35.9 Å². The third kappa shape index (κ3) is 3.12. The summed E-state index contributed by atoms with van der Waals surface area (Å²) in [5.41, 5.74) is 6.41. The third-order valence-electron chi connectivity index (χ3n) is 6.64. The topological polar surface area (TPSA) is 15.7 Å². The Morgan fingerprint density at radius 2 is 1.61 bits per heavy atom. The zero-order chi connectivity index (χ0) is 19.1. The number of fused-ring (bicyclic) bond motifs is 1. The van der Waals surface area contributed by atoms with Crippen molar-refractivity contribution in [2.45, 2.75) is 38.2 Å². The second-order valence-electron chi connectivity index (χ2n) is 8.74. The predicted molar refractivity (Wildman–Crippen MR) is 116 cm³/mol. The van der Waals surface area contributed by atoms with Crippen LogP contribution in [0.15, 0.2) is 48.5 Å². The van der Waals surface area contributed by atoms with Crippen molar-refractivity contribution in [3.8, 4) is 5.75 Å². The Hall–Kier alpha value is -2.26. The lowest BCUT2D eigenvalue weighted by Crippen LogP contribution is -2.47. The number of aryl methyl sites for hydroxylation is 1. The van der Waals surface area contributed by atoms with Crippen LogP contribution in [0.4, 0.5) is 5.69 Å². The highest BCUT2D eigenvalue weighted by Crippen LogP contribution is 2.47. The maximum atomic E-state index is 6.75. The van der Waals surface area contributed by atoms with E-state index in [0.29, 0.717) is 0 Å². The van der Waals surface area contributed by atoms with Gasteiger partial charge >= 0.3 is 0 Å². The lowest BCUT2D eigenvalue weighted by molar-refractivity contribution is 0.0468. The number of rotatable bonds is 2. The molecular formula is C25H30N2O. The van der Waals surface area contributed by atoms with Gasteiger partial charge in [0.2, 0.25) is 0 Å². The van der Waals surface area contributed by atoms with Crippen LogP contribution in [0.1, 0.15) is 42.4 Å². The van der Waals surface area contributed by atoms with Gasteiger partial charge in [0.1, 0.15) is 11.4 Å². The summed E-state index contributed by atoms with van der Waals surface area (Å²) in [7, 11) is 2.21. The number of nitrogens with zero attached hydrogens (tertiary/aromatic N) is 2. The molecule has 0 radical (unpaired) electrons. The van der Waals surface area contributed by atoms with Crippen molar-refractivity contribution in [1.29, 1.82) is 0 Å². The Morgan fingerprint density at radius 3 is 2.32 bits per heavy atom. The van der Waals surface area contributed by atoms with Crippen LogP contribution >= 0.6 is 0 Å². The van der Waals surface area contributed by atoms with Crippen LogP contribution in [-0.4, -0.2) is 43.7 Å². The first-order valence-corrected chi connectivity index (χ1v) is 10.7. The molecule has 2 fully saturated rings. The molecule has 2 aromatic carbocycles. The standard InChI is InChI=1S/C25H30N2O/c1-19-8-10-20(11-9-19)21-18-25(12-16-26(2)17-13-25)28-23-7-5-6-22(24(21)23)27-14-3-4-15-27/h5-11,18H,3-4,12-17H2,1-2H3. The minimum atomic E-state index is -0.177. The largest absolute Gasteiger partial charge is 0.482 e. The molecule has 0 amide bonds. The Bertz CT molecular complexity index is 885.